The minimum absolute atomic E-state index is 0.0403. The molecule has 2 amide bonds. The zero-order valence-electron chi connectivity index (χ0n) is 18.1. The Labute approximate surface area is 181 Å². The summed E-state index contributed by atoms with van der Waals surface area (Å²) in [5, 5.41) is 11.4. The first-order valence-corrected chi connectivity index (χ1v) is 10.1. The number of carboxylic acid groups (broad SMARTS) is 1. The molecule has 3 heterocycles. The van der Waals surface area contributed by atoms with Gasteiger partial charge in [0.2, 0.25) is 11.7 Å². The molecule has 32 heavy (non-hydrogen) atoms. The van der Waals surface area contributed by atoms with Gasteiger partial charge in [0, 0.05) is 19.5 Å². The van der Waals surface area contributed by atoms with Gasteiger partial charge in [0.1, 0.15) is 19.0 Å². The zero-order chi connectivity index (χ0) is 23.8. The molecule has 2 N–H and O–H groups in total. The summed E-state index contributed by atoms with van der Waals surface area (Å²) >= 11 is 0. The third-order valence-corrected chi connectivity index (χ3v) is 5.21. The monoisotopic (exact) mass is 458 g/mol. The van der Waals surface area contributed by atoms with Crippen LogP contribution in [-0.4, -0.2) is 72.9 Å². The van der Waals surface area contributed by atoms with Gasteiger partial charge in [-0.15, -0.1) is 0 Å². The van der Waals surface area contributed by atoms with Crippen molar-refractivity contribution < 1.29 is 32.6 Å². The number of hydrogen-bond donors (Lipinski definition) is 2. The third-order valence-electron chi connectivity index (χ3n) is 5.21. The van der Waals surface area contributed by atoms with Crippen molar-refractivity contribution >= 4 is 23.2 Å². The lowest BCUT2D eigenvalue weighted by Gasteiger charge is -2.36. The van der Waals surface area contributed by atoms with Crippen molar-refractivity contribution in [2.45, 2.75) is 59.0 Å². The van der Waals surface area contributed by atoms with E-state index < -0.39 is 42.3 Å². The van der Waals surface area contributed by atoms with Crippen LogP contribution in [0.15, 0.2) is 6.33 Å². The SMILES string of the molecule is CCn1c(C(=O)NCC(F)(F)F)nc2c(OC3CCN(C(=O)O)C3C(C)(C)C)ncnc21. The maximum Gasteiger partial charge on any atom is 0.407 e. The van der Waals surface area contributed by atoms with Gasteiger partial charge in [0.25, 0.3) is 5.91 Å². The summed E-state index contributed by atoms with van der Waals surface area (Å²) in [6.07, 6.45) is -4.51. The van der Waals surface area contributed by atoms with Gasteiger partial charge in [-0.05, 0) is 12.3 Å². The molecule has 1 saturated heterocycles. The van der Waals surface area contributed by atoms with Crippen LogP contribution in [0.1, 0.15) is 44.7 Å². The number of fused-ring (bicyclic) bond motifs is 1. The Bertz CT molecular complexity index is 1020. The van der Waals surface area contributed by atoms with E-state index >= 15 is 0 Å². The molecule has 0 aliphatic carbocycles. The van der Waals surface area contributed by atoms with Gasteiger partial charge in [-0.1, -0.05) is 20.8 Å². The predicted octanol–water partition coefficient (Wildman–Crippen LogP) is 2.68. The van der Waals surface area contributed by atoms with Crippen molar-refractivity contribution in [3.8, 4) is 5.88 Å². The second-order valence-electron chi connectivity index (χ2n) is 8.56. The van der Waals surface area contributed by atoms with E-state index in [2.05, 4.69) is 15.0 Å². The minimum atomic E-state index is -4.56. The predicted molar refractivity (Wildman–Crippen MR) is 106 cm³/mol. The van der Waals surface area contributed by atoms with E-state index in [1.165, 1.54) is 15.8 Å². The molecule has 1 aliphatic heterocycles. The number of aryl methyl sites for hydroxylation is 1. The van der Waals surface area contributed by atoms with Gasteiger partial charge in [-0.2, -0.15) is 18.2 Å². The van der Waals surface area contributed by atoms with E-state index in [0.717, 1.165) is 0 Å². The van der Waals surface area contributed by atoms with Crippen molar-refractivity contribution in [3.05, 3.63) is 12.2 Å². The second-order valence-corrected chi connectivity index (χ2v) is 8.56. The lowest BCUT2D eigenvalue weighted by molar-refractivity contribution is -0.123. The highest BCUT2D eigenvalue weighted by molar-refractivity contribution is 5.95. The molecule has 2 aromatic heterocycles. The van der Waals surface area contributed by atoms with E-state index in [1.807, 2.05) is 20.8 Å². The van der Waals surface area contributed by atoms with Crippen LogP contribution in [0.5, 0.6) is 5.88 Å². The van der Waals surface area contributed by atoms with Crippen molar-refractivity contribution in [1.82, 2.24) is 29.7 Å². The summed E-state index contributed by atoms with van der Waals surface area (Å²) in [4.78, 5) is 37.7. The standard InChI is InChI=1S/C19H25F3N6O4/c1-5-27-13-11(26-14(27)15(29)23-8-19(20,21)22)16(25-9-24-13)32-10-6-7-28(17(30)31)12(10)18(2,3)4/h9-10,12H,5-8H2,1-4H3,(H,23,29)(H,30,31). The van der Waals surface area contributed by atoms with E-state index in [1.54, 1.807) is 12.2 Å². The number of carbonyl (C=O) groups is 2. The number of imidazole rings is 1. The fraction of sp³-hybridized carbons (Fsp3) is 0.632. The molecule has 0 saturated carbocycles. The van der Waals surface area contributed by atoms with Gasteiger partial charge in [-0.3, -0.25) is 4.79 Å². The van der Waals surface area contributed by atoms with Crippen molar-refractivity contribution in [2.75, 3.05) is 13.1 Å². The van der Waals surface area contributed by atoms with E-state index in [0.29, 0.717) is 6.42 Å². The number of alkyl halides is 3. The number of amides is 2. The highest BCUT2D eigenvalue weighted by Crippen LogP contribution is 2.36. The lowest BCUT2D eigenvalue weighted by Crippen LogP contribution is -2.48. The molecule has 176 valence electrons. The quantitative estimate of drug-likeness (QED) is 0.706. The van der Waals surface area contributed by atoms with E-state index in [4.69, 9.17) is 4.74 Å². The number of likely N-dealkylation sites (tertiary alicyclic amines) is 1. The number of nitrogens with one attached hydrogen (secondary N) is 1. The molecule has 2 aromatic rings. The molecule has 2 atom stereocenters. The number of aromatic nitrogens is 4. The first-order valence-electron chi connectivity index (χ1n) is 10.1. The lowest BCUT2D eigenvalue weighted by atomic mass is 9.84. The second kappa shape index (κ2) is 8.43. The molecule has 0 radical (unpaired) electrons. The van der Waals surface area contributed by atoms with E-state index in [-0.39, 0.29) is 36.0 Å². The van der Waals surface area contributed by atoms with Gasteiger partial charge in [0.05, 0.1) is 6.04 Å². The summed E-state index contributed by atoms with van der Waals surface area (Å²) in [6, 6.07) is -0.465. The van der Waals surface area contributed by atoms with Crippen LogP contribution in [0.3, 0.4) is 0 Å². The van der Waals surface area contributed by atoms with Crippen LogP contribution < -0.4 is 10.1 Å². The van der Waals surface area contributed by atoms with Crippen LogP contribution in [0.2, 0.25) is 0 Å². The number of ether oxygens (including phenoxy) is 1. The van der Waals surface area contributed by atoms with Crippen molar-refractivity contribution in [2.24, 2.45) is 5.41 Å². The Hall–Kier alpha value is -3.12. The summed E-state index contributed by atoms with van der Waals surface area (Å²) in [7, 11) is 0. The van der Waals surface area contributed by atoms with Gasteiger partial charge in [-0.25, -0.2) is 14.8 Å². The molecule has 1 aliphatic rings. The van der Waals surface area contributed by atoms with Crippen molar-refractivity contribution in [1.29, 1.82) is 0 Å². The first-order chi connectivity index (χ1) is 14.8. The first kappa shape index (κ1) is 23.5. The normalized spacial score (nSPS) is 19.4. The van der Waals surface area contributed by atoms with Crippen molar-refractivity contribution in [3.63, 3.8) is 0 Å². The Morgan fingerprint density at radius 2 is 1.97 bits per heavy atom. The molecule has 0 spiro atoms. The van der Waals surface area contributed by atoms with Gasteiger partial charge < -0.3 is 24.6 Å². The largest absolute Gasteiger partial charge is 0.470 e. The number of halogens is 3. The summed E-state index contributed by atoms with van der Waals surface area (Å²) in [5.74, 6) is -1.21. The highest BCUT2D eigenvalue weighted by Gasteiger charge is 2.46. The molecule has 1 fully saturated rings. The van der Waals surface area contributed by atoms with Crippen LogP contribution in [-0.2, 0) is 6.54 Å². The van der Waals surface area contributed by atoms with Crippen LogP contribution >= 0.6 is 0 Å². The molecular formula is C19H25F3N6O4. The van der Waals surface area contributed by atoms with Crippen LogP contribution in [0.25, 0.3) is 11.2 Å². The fourth-order valence-corrected chi connectivity index (χ4v) is 4.01. The molecule has 0 aromatic carbocycles. The van der Waals surface area contributed by atoms with Gasteiger partial charge >= 0.3 is 12.3 Å². The Morgan fingerprint density at radius 3 is 2.53 bits per heavy atom. The average Bonchev–Trinajstić information content (AvgIpc) is 3.27. The zero-order valence-corrected chi connectivity index (χ0v) is 18.1. The smallest absolute Gasteiger partial charge is 0.407 e. The molecular weight excluding hydrogens is 433 g/mol. The Kier molecular flexibility index (Phi) is 6.20. The third kappa shape index (κ3) is 4.70. The van der Waals surface area contributed by atoms with Crippen LogP contribution in [0, 0.1) is 5.41 Å². The van der Waals surface area contributed by atoms with E-state index in [9.17, 15) is 27.9 Å². The highest BCUT2D eigenvalue weighted by atomic mass is 19.4. The number of hydrogen-bond acceptors (Lipinski definition) is 6. The fourth-order valence-electron chi connectivity index (χ4n) is 4.01. The van der Waals surface area contributed by atoms with Crippen LogP contribution in [0.4, 0.5) is 18.0 Å². The topological polar surface area (TPSA) is 122 Å². The number of carbonyl (C=O) groups excluding carboxylic acids is 1. The maximum absolute atomic E-state index is 12.5. The maximum atomic E-state index is 12.5. The summed E-state index contributed by atoms with van der Waals surface area (Å²) in [6.45, 7) is 6.42. The summed E-state index contributed by atoms with van der Waals surface area (Å²) in [5.41, 5.74) is -0.0834. The Balaban J connectivity index is 1.95. The summed E-state index contributed by atoms with van der Waals surface area (Å²) < 4.78 is 44.9. The molecule has 10 nitrogen and oxygen atoms in total. The molecule has 3 rings (SSSR count). The number of nitrogens with zero attached hydrogens (tertiary/aromatic N) is 5. The minimum Gasteiger partial charge on any atom is -0.470 e. The molecule has 13 heteroatoms. The van der Waals surface area contributed by atoms with Gasteiger partial charge in [0.15, 0.2) is 11.2 Å². The molecule has 2 unspecified atom stereocenters. The molecule has 0 bridgehead atoms. The Morgan fingerprint density at radius 1 is 1.28 bits per heavy atom. The average molecular weight is 458 g/mol. The number of rotatable bonds is 5.